The number of hydrogen-bond donors (Lipinski definition) is 0. The molecule has 0 saturated carbocycles. The molecular weight excluding hydrogens is 170 g/mol. The summed E-state index contributed by atoms with van der Waals surface area (Å²) in [6, 6.07) is 7.32. The molecule has 0 amide bonds. The summed E-state index contributed by atoms with van der Waals surface area (Å²) in [7, 11) is 0. The Kier molecular flexibility index (Phi) is 5.16. The zero-order valence-corrected chi connectivity index (χ0v) is 8.31. The van der Waals surface area contributed by atoms with Crippen molar-refractivity contribution in [2.24, 2.45) is 0 Å². The molecule has 64 valence electrons. The zero-order chi connectivity index (χ0) is 9.56. The molecule has 12 heavy (non-hydrogen) atoms. The van der Waals surface area contributed by atoms with Gasteiger partial charge in [-0.15, -0.1) is 0 Å². The summed E-state index contributed by atoms with van der Waals surface area (Å²) in [5, 5.41) is 9.15. The van der Waals surface area contributed by atoms with Gasteiger partial charge >= 0.3 is 0 Å². The predicted molar refractivity (Wildman–Crippen MR) is 52.3 cm³/mol. The lowest BCUT2D eigenvalue weighted by molar-refractivity contribution is 1.39. The topological polar surface area (TPSA) is 23.8 Å². The first-order valence-corrected chi connectivity index (χ1v) is 4.28. The Morgan fingerprint density at radius 3 is 2.33 bits per heavy atom. The summed E-state index contributed by atoms with van der Waals surface area (Å²) in [5.74, 6) is 0. The molecule has 1 rings (SSSR count). The molecule has 2 heteroatoms. The highest BCUT2D eigenvalue weighted by molar-refractivity contribution is 6.30. The maximum Gasteiger partial charge on any atom is 0.0994 e. The van der Waals surface area contributed by atoms with Gasteiger partial charge in [0.05, 0.1) is 11.6 Å². The van der Waals surface area contributed by atoms with E-state index >= 15 is 0 Å². The van der Waals surface area contributed by atoms with Gasteiger partial charge in [0.15, 0.2) is 0 Å². The minimum atomic E-state index is 0.613. The van der Waals surface area contributed by atoms with Gasteiger partial charge in [-0.3, -0.25) is 0 Å². The molecule has 1 aromatic carbocycles. The first kappa shape index (κ1) is 11.0. The SMILES string of the molecule is CC.Cc1ccc(Cl)cc1C#N. The molecule has 0 aliphatic carbocycles. The highest BCUT2D eigenvalue weighted by atomic mass is 35.5. The maximum absolute atomic E-state index is 8.53. The Morgan fingerprint density at radius 2 is 1.92 bits per heavy atom. The van der Waals surface area contributed by atoms with Crippen LogP contribution in [-0.4, -0.2) is 0 Å². The lowest BCUT2D eigenvalue weighted by Gasteiger charge is -1.94. The minimum Gasteiger partial charge on any atom is -0.192 e. The molecule has 0 aromatic heterocycles. The average molecular weight is 182 g/mol. The van der Waals surface area contributed by atoms with Crippen LogP contribution in [0.2, 0.25) is 5.02 Å². The fraction of sp³-hybridized carbons (Fsp3) is 0.300. The number of hydrogen-bond acceptors (Lipinski definition) is 1. The largest absolute Gasteiger partial charge is 0.192 e. The number of aryl methyl sites for hydroxylation is 1. The summed E-state index contributed by atoms with van der Waals surface area (Å²) < 4.78 is 0. The van der Waals surface area contributed by atoms with Crippen molar-refractivity contribution in [2.75, 3.05) is 0 Å². The smallest absolute Gasteiger partial charge is 0.0994 e. The summed E-state index contributed by atoms with van der Waals surface area (Å²) in [6.45, 7) is 5.88. The molecule has 0 fully saturated rings. The molecule has 0 saturated heterocycles. The Balaban J connectivity index is 0.000000561. The zero-order valence-electron chi connectivity index (χ0n) is 7.56. The van der Waals surface area contributed by atoms with E-state index in [1.807, 2.05) is 26.8 Å². The number of benzene rings is 1. The Morgan fingerprint density at radius 1 is 1.33 bits per heavy atom. The van der Waals surface area contributed by atoms with Gasteiger partial charge in [-0.2, -0.15) is 5.26 Å². The lowest BCUT2D eigenvalue weighted by Crippen LogP contribution is -1.79. The van der Waals surface area contributed by atoms with Crippen LogP contribution < -0.4 is 0 Å². The van der Waals surface area contributed by atoms with E-state index < -0.39 is 0 Å². The van der Waals surface area contributed by atoms with Crippen molar-refractivity contribution in [2.45, 2.75) is 20.8 Å². The normalized spacial score (nSPS) is 7.92. The average Bonchev–Trinajstić information content (AvgIpc) is 2.13. The number of nitrogens with zero attached hydrogens (tertiary/aromatic N) is 1. The lowest BCUT2D eigenvalue weighted by atomic mass is 10.1. The van der Waals surface area contributed by atoms with Crippen molar-refractivity contribution in [3.63, 3.8) is 0 Å². The summed E-state index contributed by atoms with van der Waals surface area (Å²) >= 11 is 5.64. The molecule has 1 aromatic rings. The standard InChI is InChI=1S/C8H6ClN.C2H6/c1-6-2-3-8(9)4-7(6)5-10;1-2/h2-4H,1H3;1-2H3. The molecule has 1 nitrogen and oxygen atoms in total. The first-order chi connectivity index (χ1) is 5.74. The predicted octanol–water partition coefficient (Wildman–Crippen LogP) is 3.55. The molecule has 0 bridgehead atoms. The van der Waals surface area contributed by atoms with E-state index in [-0.39, 0.29) is 0 Å². The van der Waals surface area contributed by atoms with E-state index in [4.69, 9.17) is 16.9 Å². The molecular formula is C10H12ClN. The van der Waals surface area contributed by atoms with E-state index in [1.165, 1.54) is 0 Å². The van der Waals surface area contributed by atoms with Crippen LogP contribution in [-0.2, 0) is 0 Å². The second kappa shape index (κ2) is 5.62. The Hall–Kier alpha value is -1.00. The maximum atomic E-state index is 8.53. The fourth-order valence-corrected chi connectivity index (χ4v) is 0.887. The molecule has 0 spiro atoms. The monoisotopic (exact) mass is 181 g/mol. The van der Waals surface area contributed by atoms with Gasteiger partial charge in [0, 0.05) is 5.02 Å². The van der Waals surface area contributed by atoms with Crippen molar-refractivity contribution in [3.05, 3.63) is 34.3 Å². The summed E-state index contributed by atoms with van der Waals surface area (Å²) in [4.78, 5) is 0. The van der Waals surface area contributed by atoms with Gasteiger partial charge < -0.3 is 0 Å². The number of nitriles is 1. The van der Waals surface area contributed by atoms with Gasteiger partial charge in [-0.25, -0.2) is 0 Å². The van der Waals surface area contributed by atoms with Crippen LogP contribution >= 0.6 is 11.6 Å². The van der Waals surface area contributed by atoms with E-state index in [9.17, 15) is 0 Å². The number of rotatable bonds is 0. The second-order valence-corrected chi connectivity index (χ2v) is 2.51. The van der Waals surface area contributed by atoms with Crippen molar-refractivity contribution in [1.29, 1.82) is 5.26 Å². The fourth-order valence-electron chi connectivity index (χ4n) is 0.715. The van der Waals surface area contributed by atoms with Gasteiger partial charge in [0.25, 0.3) is 0 Å². The Labute approximate surface area is 78.6 Å². The van der Waals surface area contributed by atoms with Crippen LogP contribution in [0.1, 0.15) is 25.0 Å². The van der Waals surface area contributed by atoms with Gasteiger partial charge in [-0.05, 0) is 24.6 Å². The third kappa shape index (κ3) is 2.94. The van der Waals surface area contributed by atoms with E-state index in [1.54, 1.807) is 12.1 Å². The molecule has 0 aliphatic rings. The highest BCUT2D eigenvalue weighted by Crippen LogP contribution is 2.13. The van der Waals surface area contributed by atoms with Crippen molar-refractivity contribution < 1.29 is 0 Å². The summed E-state index contributed by atoms with van der Waals surface area (Å²) in [6.07, 6.45) is 0. The molecule has 0 heterocycles. The van der Waals surface area contributed by atoms with Crippen molar-refractivity contribution in [1.82, 2.24) is 0 Å². The molecule has 0 N–H and O–H groups in total. The van der Waals surface area contributed by atoms with Gasteiger partial charge in [0.1, 0.15) is 0 Å². The van der Waals surface area contributed by atoms with Gasteiger partial charge in [0.2, 0.25) is 0 Å². The van der Waals surface area contributed by atoms with Gasteiger partial charge in [-0.1, -0.05) is 31.5 Å². The molecule has 0 aliphatic heterocycles. The number of halogens is 1. The van der Waals surface area contributed by atoms with E-state index in [0.717, 1.165) is 5.56 Å². The highest BCUT2D eigenvalue weighted by Gasteiger charge is 1.95. The third-order valence-electron chi connectivity index (χ3n) is 1.32. The van der Waals surface area contributed by atoms with Crippen LogP contribution in [0, 0.1) is 18.3 Å². The minimum absolute atomic E-state index is 0.613. The quantitative estimate of drug-likeness (QED) is 0.601. The second-order valence-electron chi connectivity index (χ2n) is 2.07. The van der Waals surface area contributed by atoms with Crippen LogP contribution in [0.5, 0.6) is 0 Å². The van der Waals surface area contributed by atoms with Crippen LogP contribution in [0.15, 0.2) is 18.2 Å². The summed E-state index contributed by atoms with van der Waals surface area (Å²) in [5.41, 5.74) is 1.61. The van der Waals surface area contributed by atoms with Crippen molar-refractivity contribution >= 4 is 11.6 Å². The van der Waals surface area contributed by atoms with E-state index in [0.29, 0.717) is 10.6 Å². The van der Waals surface area contributed by atoms with Crippen molar-refractivity contribution in [3.8, 4) is 6.07 Å². The third-order valence-corrected chi connectivity index (χ3v) is 1.56. The molecule has 0 radical (unpaired) electrons. The Bertz CT molecular complexity index is 286. The van der Waals surface area contributed by atoms with Crippen LogP contribution in [0.3, 0.4) is 0 Å². The van der Waals surface area contributed by atoms with Crippen LogP contribution in [0.4, 0.5) is 0 Å². The van der Waals surface area contributed by atoms with Crippen LogP contribution in [0.25, 0.3) is 0 Å². The molecule has 0 unspecified atom stereocenters. The first-order valence-electron chi connectivity index (χ1n) is 3.90. The molecule has 0 atom stereocenters. The van der Waals surface area contributed by atoms with E-state index in [2.05, 4.69) is 6.07 Å².